The second-order valence-corrected chi connectivity index (χ2v) is 6.98. The summed E-state index contributed by atoms with van der Waals surface area (Å²) in [6.07, 6.45) is 1.04. The number of amides is 1. The number of aromatic nitrogens is 1. The van der Waals surface area contributed by atoms with Crippen molar-refractivity contribution in [3.63, 3.8) is 0 Å². The third-order valence-corrected chi connectivity index (χ3v) is 5.33. The third kappa shape index (κ3) is 3.82. The Morgan fingerprint density at radius 3 is 3.09 bits per heavy atom. The van der Waals surface area contributed by atoms with E-state index in [0.717, 1.165) is 48.1 Å². The van der Waals surface area contributed by atoms with Crippen LogP contribution in [0.5, 0.6) is 0 Å². The topological polar surface area (TPSA) is 45.7 Å². The Bertz CT molecular complexity index is 640. The van der Waals surface area contributed by atoms with Gasteiger partial charge in [0, 0.05) is 32.7 Å². The highest BCUT2D eigenvalue weighted by Gasteiger charge is 2.27. The van der Waals surface area contributed by atoms with E-state index in [-0.39, 0.29) is 5.91 Å². The molecule has 1 fully saturated rings. The average Bonchev–Trinajstić information content (AvgIpc) is 3.19. The molecule has 5 nitrogen and oxygen atoms in total. The number of thiazole rings is 1. The van der Waals surface area contributed by atoms with E-state index < -0.39 is 0 Å². The van der Waals surface area contributed by atoms with Gasteiger partial charge in [0.1, 0.15) is 0 Å². The first kappa shape index (κ1) is 16.2. The van der Waals surface area contributed by atoms with Crippen LogP contribution in [0.25, 0.3) is 10.2 Å². The fraction of sp³-hybridized carbons (Fsp3) is 0.529. The SMILES string of the molecule is CCOC[C@@H]1CCN(C(=O)CN(C)c2nc3ccccc3s2)C1. The predicted octanol–water partition coefficient (Wildman–Crippen LogP) is 2.62. The number of carbonyl (C=O) groups excluding carboxylic acids is 1. The third-order valence-electron chi connectivity index (χ3n) is 4.18. The average molecular weight is 333 g/mol. The molecule has 0 N–H and O–H groups in total. The number of nitrogens with zero attached hydrogens (tertiary/aromatic N) is 3. The van der Waals surface area contributed by atoms with E-state index in [9.17, 15) is 4.79 Å². The molecule has 0 bridgehead atoms. The first-order valence-corrected chi connectivity index (χ1v) is 8.91. The lowest BCUT2D eigenvalue weighted by Crippen LogP contribution is -2.38. The van der Waals surface area contributed by atoms with Crippen LogP contribution in [-0.4, -0.2) is 55.7 Å². The molecule has 1 saturated heterocycles. The number of hydrogen-bond donors (Lipinski definition) is 0. The number of likely N-dealkylation sites (tertiary alicyclic amines) is 1. The molecule has 1 amide bonds. The van der Waals surface area contributed by atoms with Crippen molar-refractivity contribution >= 4 is 32.6 Å². The molecule has 1 aliphatic rings. The Morgan fingerprint density at radius 1 is 1.48 bits per heavy atom. The van der Waals surface area contributed by atoms with Crippen molar-refractivity contribution < 1.29 is 9.53 Å². The summed E-state index contributed by atoms with van der Waals surface area (Å²) < 4.78 is 6.63. The first-order valence-electron chi connectivity index (χ1n) is 8.09. The van der Waals surface area contributed by atoms with Gasteiger partial charge in [-0.15, -0.1) is 0 Å². The molecule has 1 atom stereocenters. The maximum absolute atomic E-state index is 12.5. The van der Waals surface area contributed by atoms with Crippen LogP contribution in [-0.2, 0) is 9.53 Å². The molecule has 0 aliphatic carbocycles. The summed E-state index contributed by atoms with van der Waals surface area (Å²) in [6.45, 7) is 5.53. The molecule has 0 saturated carbocycles. The summed E-state index contributed by atoms with van der Waals surface area (Å²) in [4.78, 5) is 21.0. The van der Waals surface area contributed by atoms with Crippen molar-refractivity contribution in [3.05, 3.63) is 24.3 Å². The zero-order valence-corrected chi connectivity index (χ0v) is 14.5. The van der Waals surface area contributed by atoms with Gasteiger partial charge < -0.3 is 14.5 Å². The minimum Gasteiger partial charge on any atom is -0.381 e. The lowest BCUT2D eigenvalue weighted by Gasteiger charge is -2.21. The molecule has 0 radical (unpaired) electrons. The van der Waals surface area contributed by atoms with Gasteiger partial charge >= 0.3 is 0 Å². The first-order chi connectivity index (χ1) is 11.2. The molecular weight excluding hydrogens is 310 g/mol. The molecule has 0 unspecified atom stereocenters. The quantitative estimate of drug-likeness (QED) is 0.815. The molecule has 3 rings (SSSR count). The zero-order chi connectivity index (χ0) is 16.2. The van der Waals surface area contributed by atoms with E-state index in [1.807, 2.05) is 42.0 Å². The Labute approximate surface area is 140 Å². The number of benzene rings is 1. The van der Waals surface area contributed by atoms with Gasteiger partial charge in [-0.25, -0.2) is 4.98 Å². The van der Waals surface area contributed by atoms with Crippen LogP contribution in [0, 0.1) is 5.92 Å². The van der Waals surface area contributed by atoms with Crippen LogP contribution < -0.4 is 4.90 Å². The Morgan fingerprint density at radius 2 is 2.30 bits per heavy atom. The summed E-state index contributed by atoms with van der Waals surface area (Å²) in [5.41, 5.74) is 0.991. The van der Waals surface area contributed by atoms with Gasteiger partial charge in [0.2, 0.25) is 5.91 Å². The van der Waals surface area contributed by atoms with Crippen molar-refractivity contribution in [2.45, 2.75) is 13.3 Å². The Kier molecular flexibility index (Phi) is 5.13. The number of para-hydroxylation sites is 1. The number of fused-ring (bicyclic) bond motifs is 1. The van der Waals surface area contributed by atoms with Gasteiger partial charge in [0.25, 0.3) is 0 Å². The van der Waals surface area contributed by atoms with Crippen LogP contribution in [0.2, 0.25) is 0 Å². The number of ether oxygens (including phenoxy) is 1. The molecule has 1 aromatic carbocycles. The van der Waals surface area contributed by atoms with Crippen molar-refractivity contribution in [1.29, 1.82) is 0 Å². The van der Waals surface area contributed by atoms with Crippen LogP contribution in [0.4, 0.5) is 5.13 Å². The number of anilines is 1. The molecule has 124 valence electrons. The smallest absolute Gasteiger partial charge is 0.242 e. The summed E-state index contributed by atoms with van der Waals surface area (Å²) in [7, 11) is 1.93. The number of rotatable bonds is 6. The van der Waals surface area contributed by atoms with E-state index in [1.165, 1.54) is 0 Å². The van der Waals surface area contributed by atoms with Gasteiger partial charge in [0.15, 0.2) is 5.13 Å². The van der Waals surface area contributed by atoms with E-state index in [0.29, 0.717) is 12.5 Å². The van der Waals surface area contributed by atoms with Crippen LogP contribution in [0.3, 0.4) is 0 Å². The minimum absolute atomic E-state index is 0.172. The van der Waals surface area contributed by atoms with E-state index in [1.54, 1.807) is 11.3 Å². The molecule has 23 heavy (non-hydrogen) atoms. The maximum atomic E-state index is 12.5. The molecule has 2 heterocycles. The van der Waals surface area contributed by atoms with Gasteiger partial charge in [-0.05, 0) is 25.5 Å². The van der Waals surface area contributed by atoms with Gasteiger partial charge in [-0.3, -0.25) is 4.79 Å². The summed E-state index contributed by atoms with van der Waals surface area (Å²) in [6, 6.07) is 8.06. The minimum atomic E-state index is 0.172. The summed E-state index contributed by atoms with van der Waals surface area (Å²) in [5.74, 6) is 0.650. The van der Waals surface area contributed by atoms with Gasteiger partial charge in [0.05, 0.1) is 23.4 Å². The van der Waals surface area contributed by atoms with Crippen LogP contribution in [0.1, 0.15) is 13.3 Å². The monoisotopic (exact) mass is 333 g/mol. The highest BCUT2D eigenvalue weighted by molar-refractivity contribution is 7.22. The van der Waals surface area contributed by atoms with E-state index >= 15 is 0 Å². The van der Waals surface area contributed by atoms with Crippen LogP contribution in [0.15, 0.2) is 24.3 Å². The normalized spacial score (nSPS) is 17.8. The van der Waals surface area contributed by atoms with E-state index in [4.69, 9.17) is 4.74 Å². The standard InChI is InChI=1S/C17H23N3O2S/c1-3-22-12-13-8-9-20(10-13)16(21)11-19(2)17-18-14-6-4-5-7-15(14)23-17/h4-7,13H,3,8-12H2,1-2H3/t13-/m1/s1. The van der Waals surface area contributed by atoms with Crippen molar-refractivity contribution in [2.24, 2.45) is 5.92 Å². The highest BCUT2D eigenvalue weighted by Crippen LogP contribution is 2.28. The lowest BCUT2D eigenvalue weighted by atomic mass is 10.1. The highest BCUT2D eigenvalue weighted by atomic mass is 32.1. The van der Waals surface area contributed by atoms with Crippen molar-refractivity contribution in [1.82, 2.24) is 9.88 Å². The summed E-state index contributed by atoms with van der Waals surface area (Å²) in [5, 5.41) is 0.893. The second-order valence-electron chi connectivity index (χ2n) is 5.97. The predicted molar refractivity (Wildman–Crippen MR) is 94.1 cm³/mol. The largest absolute Gasteiger partial charge is 0.381 e. The molecule has 1 aliphatic heterocycles. The molecule has 1 aromatic heterocycles. The van der Waals surface area contributed by atoms with Gasteiger partial charge in [-0.1, -0.05) is 23.5 Å². The van der Waals surface area contributed by atoms with Gasteiger partial charge in [-0.2, -0.15) is 0 Å². The second kappa shape index (κ2) is 7.27. The zero-order valence-electron chi connectivity index (χ0n) is 13.7. The number of hydrogen-bond acceptors (Lipinski definition) is 5. The molecule has 6 heteroatoms. The molecule has 0 spiro atoms. The maximum Gasteiger partial charge on any atom is 0.242 e. The number of likely N-dealkylation sites (N-methyl/N-ethyl adjacent to an activating group) is 1. The molecular formula is C17H23N3O2S. The summed E-state index contributed by atoms with van der Waals surface area (Å²) >= 11 is 1.63. The van der Waals surface area contributed by atoms with Crippen molar-refractivity contribution in [2.75, 3.05) is 44.8 Å². The van der Waals surface area contributed by atoms with Crippen LogP contribution >= 0.6 is 11.3 Å². The lowest BCUT2D eigenvalue weighted by molar-refractivity contribution is -0.128. The van der Waals surface area contributed by atoms with Crippen molar-refractivity contribution in [3.8, 4) is 0 Å². The van der Waals surface area contributed by atoms with E-state index in [2.05, 4.69) is 11.1 Å². The fourth-order valence-electron chi connectivity index (χ4n) is 2.87. The fourth-order valence-corrected chi connectivity index (χ4v) is 3.80. The number of carbonyl (C=O) groups is 1. The Balaban J connectivity index is 1.57. The Hall–Kier alpha value is -1.66. The molecule has 2 aromatic rings.